The highest BCUT2D eigenvalue weighted by Crippen LogP contribution is 2.59. The Hall–Kier alpha value is -2.04. The summed E-state index contributed by atoms with van der Waals surface area (Å²) in [4.78, 5) is 24.1. The lowest BCUT2D eigenvalue weighted by Gasteiger charge is -2.56. The van der Waals surface area contributed by atoms with Crippen molar-refractivity contribution in [3.8, 4) is 5.75 Å². The molecule has 0 saturated heterocycles. The van der Waals surface area contributed by atoms with E-state index in [0.29, 0.717) is 11.8 Å². The van der Waals surface area contributed by atoms with E-state index >= 15 is 0 Å². The molecule has 0 radical (unpaired) electrons. The zero-order valence-corrected chi connectivity index (χ0v) is 16.7. The molecule has 0 heterocycles. The molecule has 1 N–H and O–H groups in total. The molecule has 1 amide bonds. The van der Waals surface area contributed by atoms with Gasteiger partial charge in [-0.3, -0.25) is 9.59 Å². The van der Waals surface area contributed by atoms with Gasteiger partial charge in [0.05, 0.1) is 7.11 Å². The minimum absolute atomic E-state index is 0.173. The molecule has 0 aliphatic heterocycles. The molecule has 5 heteroatoms. The molecule has 0 spiro atoms. The summed E-state index contributed by atoms with van der Waals surface area (Å²) < 4.78 is 10.3. The Labute approximate surface area is 167 Å². The third-order valence-electron chi connectivity index (χ3n) is 6.97. The van der Waals surface area contributed by atoms with E-state index in [4.69, 9.17) is 9.47 Å². The highest BCUT2D eigenvalue weighted by atomic mass is 16.5. The van der Waals surface area contributed by atoms with Crippen LogP contribution < -0.4 is 10.1 Å². The Balaban J connectivity index is 1.16. The van der Waals surface area contributed by atoms with Crippen LogP contribution in [-0.2, 0) is 20.7 Å². The summed E-state index contributed by atoms with van der Waals surface area (Å²) in [6.07, 6.45) is 8.87. The van der Waals surface area contributed by atoms with Crippen molar-refractivity contribution < 1.29 is 19.1 Å². The van der Waals surface area contributed by atoms with Gasteiger partial charge in [-0.2, -0.15) is 0 Å². The number of carbonyl (C=O) groups excluding carboxylic acids is 2. The minimum Gasteiger partial charge on any atom is -0.497 e. The van der Waals surface area contributed by atoms with Gasteiger partial charge in [0.2, 0.25) is 0 Å². The van der Waals surface area contributed by atoms with E-state index in [-0.39, 0.29) is 24.9 Å². The first-order valence-corrected chi connectivity index (χ1v) is 10.6. The van der Waals surface area contributed by atoms with Gasteiger partial charge in [-0.1, -0.05) is 12.1 Å². The first-order chi connectivity index (χ1) is 13.5. The second-order valence-corrected chi connectivity index (χ2v) is 9.20. The second-order valence-electron chi connectivity index (χ2n) is 9.20. The Morgan fingerprint density at radius 1 is 1.04 bits per heavy atom. The van der Waals surface area contributed by atoms with Crippen molar-refractivity contribution in [3.05, 3.63) is 29.8 Å². The van der Waals surface area contributed by atoms with Gasteiger partial charge in [-0.05, 0) is 85.8 Å². The molecule has 0 atom stereocenters. The summed E-state index contributed by atoms with van der Waals surface area (Å²) >= 11 is 0. The van der Waals surface area contributed by atoms with Crippen LogP contribution in [-0.4, -0.2) is 32.1 Å². The fourth-order valence-electron chi connectivity index (χ4n) is 6.10. The summed E-state index contributed by atoms with van der Waals surface area (Å²) in [6.45, 7) is 0.576. The average Bonchev–Trinajstić information content (AvgIpc) is 2.68. The lowest BCUT2D eigenvalue weighted by atomic mass is 9.49. The number of benzene rings is 1. The Bertz CT molecular complexity index is 677. The first kappa shape index (κ1) is 19.3. The maximum atomic E-state index is 12.2. The van der Waals surface area contributed by atoms with E-state index in [0.717, 1.165) is 35.6 Å². The normalized spacial score (nSPS) is 30.1. The van der Waals surface area contributed by atoms with Gasteiger partial charge in [-0.25, -0.2) is 0 Å². The highest BCUT2D eigenvalue weighted by Gasteiger charge is 2.50. The summed E-state index contributed by atoms with van der Waals surface area (Å²) in [5.41, 5.74) is 1.35. The van der Waals surface area contributed by atoms with E-state index in [1.165, 1.54) is 38.5 Å². The SMILES string of the molecule is COc1ccc(CCC(=O)OCC(=O)NCC23CC4CC(CC(C4)C2)C3)cc1. The van der Waals surface area contributed by atoms with Crippen LogP contribution in [0, 0.1) is 23.2 Å². The Kier molecular flexibility index (Phi) is 5.61. The van der Waals surface area contributed by atoms with Crippen LogP contribution in [0.15, 0.2) is 24.3 Å². The number of ether oxygens (including phenoxy) is 2. The molecule has 152 valence electrons. The van der Waals surface area contributed by atoms with E-state index in [9.17, 15) is 9.59 Å². The van der Waals surface area contributed by atoms with Gasteiger partial charge >= 0.3 is 5.97 Å². The van der Waals surface area contributed by atoms with E-state index in [1.807, 2.05) is 24.3 Å². The predicted molar refractivity (Wildman–Crippen MR) is 106 cm³/mol. The molecule has 1 aromatic carbocycles. The smallest absolute Gasteiger partial charge is 0.306 e. The fourth-order valence-corrected chi connectivity index (χ4v) is 6.10. The first-order valence-electron chi connectivity index (χ1n) is 10.6. The molecule has 0 aromatic heterocycles. The lowest BCUT2D eigenvalue weighted by Crippen LogP contribution is -2.51. The zero-order valence-electron chi connectivity index (χ0n) is 16.7. The van der Waals surface area contributed by atoms with Crippen molar-refractivity contribution in [2.24, 2.45) is 23.2 Å². The van der Waals surface area contributed by atoms with Crippen molar-refractivity contribution in [2.45, 2.75) is 51.4 Å². The summed E-state index contributed by atoms with van der Waals surface area (Å²) in [6, 6.07) is 7.62. The molecule has 28 heavy (non-hydrogen) atoms. The maximum absolute atomic E-state index is 12.2. The number of amides is 1. The molecule has 4 fully saturated rings. The molecule has 4 aliphatic carbocycles. The van der Waals surface area contributed by atoms with Crippen LogP contribution in [0.5, 0.6) is 5.75 Å². The lowest BCUT2D eigenvalue weighted by molar-refractivity contribution is -0.148. The Morgan fingerprint density at radius 3 is 2.21 bits per heavy atom. The van der Waals surface area contributed by atoms with Crippen LogP contribution >= 0.6 is 0 Å². The van der Waals surface area contributed by atoms with Gasteiger partial charge in [-0.15, -0.1) is 0 Å². The number of rotatable bonds is 8. The molecular weight excluding hydrogens is 354 g/mol. The van der Waals surface area contributed by atoms with E-state index < -0.39 is 0 Å². The largest absolute Gasteiger partial charge is 0.497 e. The number of carbonyl (C=O) groups is 2. The molecular formula is C23H31NO4. The molecule has 4 aliphatic rings. The number of hydrogen-bond donors (Lipinski definition) is 1. The van der Waals surface area contributed by atoms with Crippen LogP contribution in [0.1, 0.15) is 50.5 Å². The molecule has 5 rings (SSSR count). The topological polar surface area (TPSA) is 64.6 Å². The summed E-state index contributed by atoms with van der Waals surface area (Å²) in [5, 5.41) is 3.05. The van der Waals surface area contributed by atoms with Crippen LogP contribution in [0.25, 0.3) is 0 Å². The van der Waals surface area contributed by atoms with Gasteiger partial charge in [0.1, 0.15) is 5.75 Å². The standard InChI is InChI=1S/C23H31NO4/c1-27-20-5-2-16(3-6-20)4-7-22(26)28-14-21(25)24-15-23-11-17-8-18(12-23)10-19(9-17)13-23/h2-3,5-6,17-19H,4,7-15H2,1H3,(H,24,25). The predicted octanol–water partition coefficient (Wildman–Crippen LogP) is 3.50. The Morgan fingerprint density at radius 2 is 1.64 bits per heavy atom. The van der Waals surface area contributed by atoms with Crippen LogP contribution in [0.3, 0.4) is 0 Å². The number of hydrogen-bond acceptors (Lipinski definition) is 4. The molecule has 0 unspecified atom stereocenters. The van der Waals surface area contributed by atoms with Gasteiger partial charge < -0.3 is 14.8 Å². The van der Waals surface area contributed by atoms with Crippen molar-refractivity contribution in [1.82, 2.24) is 5.32 Å². The van der Waals surface area contributed by atoms with Gasteiger partial charge in [0, 0.05) is 13.0 Å². The summed E-state index contributed by atoms with van der Waals surface area (Å²) in [7, 11) is 1.63. The summed E-state index contributed by atoms with van der Waals surface area (Å²) in [5.74, 6) is 2.91. The number of esters is 1. The molecule has 4 bridgehead atoms. The number of aryl methyl sites for hydroxylation is 1. The van der Waals surface area contributed by atoms with Crippen LogP contribution in [0.2, 0.25) is 0 Å². The van der Waals surface area contributed by atoms with Crippen LogP contribution in [0.4, 0.5) is 0 Å². The van der Waals surface area contributed by atoms with Crippen molar-refractivity contribution in [2.75, 3.05) is 20.3 Å². The number of nitrogens with one attached hydrogen (secondary N) is 1. The average molecular weight is 386 g/mol. The third-order valence-corrected chi connectivity index (χ3v) is 6.97. The third kappa shape index (κ3) is 4.50. The molecule has 4 saturated carbocycles. The maximum Gasteiger partial charge on any atom is 0.306 e. The molecule has 1 aromatic rings. The fraction of sp³-hybridized carbons (Fsp3) is 0.652. The van der Waals surface area contributed by atoms with E-state index in [1.54, 1.807) is 7.11 Å². The van der Waals surface area contributed by atoms with Crippen molar-refractivity contribution in [1.29, 1.82) is 0 Å². The van der Waals surface area contributed by atoms with Crippen molar-refractivity contribution in [3.63, 3.8) is 0 Å². The zero-order chi connectivity index (χ0) is 19.6. The van der Waals surface area contributed by atoms with Gasteiger partial charge in [0.15, 0.2) is 6.61 Å². The quantitative estimate of drug-likeness (QED) is 0.696. The van der Waals surface area contributed by atoms with E-state index in [2.05, 4.69) is 5.32 Å². The second kappa shape index (κ2) is 8.14. The monoisotopic (exact) mass is 385 g/mol. The van der Waals surface area contributed by atoms with Gasteiger partial charge in [0.25, 0.3) is 5.91 Å². The minimum atomic E-state index is -0.333. The van der Waals surface area contributed by atoms with Crippen molar-refractivity contribution >= 4 is 11.9 Å². The number of methoxy groups -OCH3 is 1. The highest BCUT2D eigenvalue weighted by molar-refractivity contribution is 5.80. The molecule has 5 nitrogen and oxygen atoms in total.